The molecule has 0 saturated carbocycles. The Kier molecular flexibility index (Phi) is 4.59. The van der Waals surface area contributed by atoms with Crippen molar-refractivity contribution in [2.45, 2.75) is 71.4 Å². The standard InChI is InChI=1S/C22H30O5/c1-11-6-7-17(26-14(4)23)22(5)21-20-18(13(3)10-25-22)15(24)9-12(2)19(20)16(8-11)27-21/h6,9,13,16-21H,7-8,10H2,1-5H3/b11-6-/t13-,16+,17+,18-,19-,20-,21-,22-/m0/s1. The van der Waals surface area contributed by atoms with E-state index >= 15 is 0 Å². The zero-order valence-corrected chi connectivity index (χ0v) is 16.9. The molecule has 0 amide bonds. The van der Waals surface area contributed by atoms with Gasteiger partial charge in [0.2, 0.25) is 0 Å². The molecule has 0 aromatic rings. The monoisotopic (exact) mass is 374 g/mol. The molecular weight excluding hydrogens is 344 g/mol. The van der Waals surface area contributed by atoms with Crippen LogP contribution in [-0.2, 0) is 23.8 Å². The van der Waals surface area contributed by atoms with Gasteiger partial charge in [-0.25, -0.2) is 0 Å². The number of carbonyl (C=O) groups is 2. The van der Waals surface area contributed by atoms with E-state index in [2.05, 4.69) is 26.8 Å². The van der Waals surface area contributed by atoms with Gasteiger partial charge in [0.25, 0.3) is 0 Å². The molecule has 4 aliphatic rings. The van der Waals surface area contributed by atoms with Crippen molar-refractivity contribution in [3.63, 3.8) is 0 Å². The second-order valence-corrected chi connectivity index (χ2v) is 9.08. The molecule has 0 aromatic carbocycles. The summed E-state index contributed by atoms with van der Waals surface area (Å²) in [5, 5.41) is 0. The Morgan fingerprint density at radius 2 is 2.04 bits per heavy atom. The first-order chi connectivity index (χ1) is 12.7. The molecule has 5 nitrogen and oxygen atoms in total. The Hall–Kier alpha value is -1.46. The summed E-state index contributed by atoms with van der Waals surface area (Å²) in [6.07, 6.45) is 4.76. The van der Waals surface area contributed by atoms with Gasteiger partial charge in [0, 0.05) is 31.1 Å². The van der Waals surface area contributed by atoms with Crippen molar-refractivity contribution in [3.05, 3.63) is 23.3 Å². The summed E-state index contributed by atoms with van der Waals surface area (Å²) in [5.41, 5.74) is 1.57. The second kappa shape index (κ2) is 6.56. The van der Waals surface area contributed by atoms with Gasteiger partial charge in [0.15, 0.2) is 5.78 Å². The van der Waals surface area contributed by atoms with E-state index in [0.29, 0.717) is 13.0 Å². The molecular formula is C22H30O5. The number of hydrogen-bond donors (Lipinski definition) is 0. The molecule has 0 N–H and O–H groups in total. The van der Waals surface area contributed by atoms with Gasteiger partial charge in [-0.1, -0.05) is 24.1 Å². The summed E-state index contributed by atoms with van der Waals surface area (Å²) in [6, 6.07) is 0. The average Bonchev–Trinajstić information content (AvgIpc) is 2.92. The van der Waals surface area contributed by atoms with Crippen LogP contribution in [0.25, 0.3) is 0 Å². The Balaban J connectivity index is 1.87. The van der Waals surface area contributed by atoms with E-state index in [0.717, 1.165) is 12.0 Å². The molecule has 5 heteroatoms. The molecule has 0 unspecified atom stereocenters. The van der Waals surface area contributed by atoms with Crippen LogP contribution in [0.15, 0.2) is 23.3 Å². The van der Waals surface area contributed by atoms with Crippen LogP contribution in [0.2, 0.25) is 0 Å². The Morgan fingerprint density at radius 3 is 2.74 bits per heavy atom. The fraction of sp³-hybridized carbons (Fsp3) is 0.727. The Bertz CT molecular complexity index is 722. The third-order valence-electron chi connectivity index (χ3n) is 7.11. The number of carbonyl (C=O) groups excluding carboxylic acids is 2. The lowest BCUT2D eigenvalue weighted by Gasteiger charge is -2.42. The zero-order valence-electron chi connectivity index (χ0n) is 16.9. The molecule has 0 radical (unpaired) electrons. The molecule has 3 heterocycles. The maximum Gasteiger partial charge on any atom is 0.303 e. The minimum absolute atomic E-state index is 0.0346. The molecule has 2 bridgehead atoms. The number of fused-ring (bicyclic) bond motifs is 2. The Labute approximate surface area is 161 Å². The highest BCUT2D eigenvalue weighted by Crippen LogP contribution is 2.55. The predicted molar refractivity (Wildman–Crippen MR) is 100.0 cm³/mol. The number of hydrogen-bond acceptors (Lipinski definition) is 5. The average molecular weight is 374 g/mol. The molecule has 0 aromatic heterocycles. The fourth-order valence-corrected chi connectivity index (χ4v) is 5.85. The van der Waals surface area contributed by atoms with Crippen LogP contribution in [0.5, 0.6) is 0 Å². The van der Waals surface area contributed by atoms with Gasteiger partial charge in [0.1, 0.15) is 11.7 Å². The highest BCUT2D eigenvalue weighted by molar-refractivity contribution is 5.94. The number of allylic oxidation sites excluding steroid dienone is 1. The summed E-state index contributed by atoms with van der Waals surface area (Å²) < 4.78 is 18.8. The first-order valence-corrected chi connectivity index (χ1v) is 10.1. The van der Waals surface area contributed by atoms with Crippen LogP contribution in [0.3, 0.4) is 0 Å². The Morgan fingerprint density at radius 1 is 1.30 bits per heavy atom. The van der Waals surface area contributed by atoms with Gasteiger partial charge >= 0.3 is 5.97 Å². The van der Waals surface area contributed by atoms with E-state index in [9.17, 15) is 9.59 Å². The zero-order chi connectivity index (χ0) is 19.5. The number of ether oxygens (including phenoxy) is 3. The largest absolute Gasteiger partial charge is 0.459 e. The second-order valence-electron chi connectivity index (χ2n) is 9.08. The molecule has 27 heavy (non-hydrogen) atoms. The number of rotatable bonds is 1. The quantitative estimate of drug-likeness (QED) is 0.521. The fourth-order valence-electron chi connectivity index (χ4n) is 5.85. The van der Waals surface area contributed by atoms with Crippen molar-refractivity contribution in [2.24, 2.45) is 23.7 Å². The van der Waals surface area contributed by atoms with Gasteiger partial charge in [-0.15, -0.1) is 0 Å². The minimum Gasteiger partial charge on any atom is -0.459 e. The van der Waals surface area contributed by atoms with Gasteiger partial charge in [-0.2, -0.15) is 0 Å². The lowest BCUT2D eigenvalue weighted by atomic mass is 9.62. The van der Waals surface area contributed by atoms with E-state index in [-0.39, 0.29) is 47.6 Å². The number of ketones is 1. The maximum absolute atomic E-state index is 12.9. The molecule has 2 fully saturated rings. The minimum atomic E-state index is -0.772. The molecule has 8 atom stereocenters. The molecule has 1 aliphatic carbocycles. The van der Waals surface area contributed by atoms with Crippen molar-refractivity contribution < 1.29 is 23.8 Å². The third kappa shape index (κ3) is 2.90. The molecule has 0 spiro atoms. The van der Waals surface area contributed by atoms with E-state index in [1.165, 1.54) is 12.5 Å². The van der Waals surface area contributed by atoms with Gasteiger partial charge < -0.3 is 14.2 Å². The lowest BCUT2D eigenvalue weighted by molar-refractivity contribution is -0.200. The molecule has 2 saturated heterocycles. The van der Waals surface area contributed by atoms with Gasteiger partial charge in [-0.05, 0) is 39.2 Å². The van der Waals surface area contributed by atoms with Crippen LogP contribution in [0.1, 0.15) is 47.5 Å². The van der Waals surface area contributed by atoms with Crippen LogP contribution in [-0.4, -0.2) is 42.3 Å². The highest BCUT2D eigenvalue weighted by atomic mass is 16.6. The highest BCUT2D eigenvalue weighted by Gasteiger charge is 2.63. The topological polar surface area (TPSA) is 61.8 Å². The lowest BCUT2D eigenvalue weighted by Crippen LogP contribution is -2.56. The van der Waals surface area contributed by atoms with E-state index < -0.39 is 11.7 Å². The van der Waals surface area contributed by atoms with Crippen LogP contribution in [0.4, 0.5) is 0 Å². The van der Waals surface area contributed by atoms with Gasteiger partial charge in [-0.3, -0.25) is 9.59 Å². The van der Waals surface area contributed by atoms with Crippen molar-refractivity contribution in [1.29, 1.82) is 0 Å². The molecule has 148 valence electrons. The number of esters is 1. The van der Waals surface area contributed by atoms with Crippen LogP contribution in [0, 0.1) is 23.7 Å². The predicted octanol–water partition coefficient (Wildman–Crippen LogP) is 3.23. The van der Waals surface area contributed by atoms with Crippen molar-refractivity contribution >= 4 is 11.8 Å². The normalized spacial score (nSPS) is 48.3. The summed E-state index contributed by atoms with van der Waals surface area (Å²) in [6.45, 7) is 10.2. The SMILES string of the molecule is CC(=O)O[C@@H]1C/C=C(/C)C[C@H]2O[C@H]3[C@@H]4[C@H]2C(C)=CC(=O)[C@@H]4[C@@H](C)CO[C@@]13C. The van der Waals surface area contributed by atoms with Crippen LogP contribution >= 0.6 is 0 Å². The van der Waals surface area contributed by atoms with Crippen molar-refractivity contribution in [3.8, 4) is 0 Å². The van der Waals surface area contributed by atoms with Crippen LogP contribution < -0.4 is 0 Å². The molecule has 3 aliphatic heterocycles. The van der Waals surface area contributed by atoms with Crippen molar-refractivity contribution in [1.82, 2.24) is 0 Å². The first-order valence-electron chi connectivity index (χ1n) is 10.1. The van der Waals surface area contributed by atoms with Crippen molar-refractivity contribution in [2.75, 3.05) is 6.61 Å². The van der Waals surface area contributed by atoms with E-state index in [1.54, 1.807) is 0 Å². The van der Waals surface area contributed by atoms with E-state index in [1.807, 2.05) is 13.0 Å². The summed E-state index contributed by atoms with van der Waals surface area (Å²) in [5.74, 6) is 0.160. The summed E-state index contributed by atoms with van der Waals surface area (Å²) in [4.78, 5) is 24.8. The molecule has 4 rings (SSSR count). The smallest absolute Gasteiger partial charge is 0.303 e. The maximum atomic E-state index is 12.9. The first kappa shape index (κ1) is 18.9. The van der Waals surface area contributed by atoms with Gasteiger partial charge in [0.05, 0.1) is 18.8 Å². The third-order valence-corrected chi connectivity index (χ3v) is 7.11. The summed E-state index contributed by atoms with van der Waals surface area (Å²) in [7, 11) is 0. The van der Waals surface area contributed by atoms with E-state index in [4.69, 9.17) is 14.2 Å². The summed E-state index contributed by atoms with van der Waals surface area (Å²) >= 11 is 0.